The summed E-state index contributed by atoms with van der Waals surface area (Å²) in [5, 5.41) is 10.9. The molecule has 4 unspecified atom stereocenters. The average Bonchev–Trinajstić information content (AvgIpc) is 2.65. The molecule has 0 aliphatic carbocycles. The number of hydrogen-bond donors (Lipinski definition) is 1. The van der Waals surface area contributed by atoms with Gasteiger partial charge in [0, 0.05) is 12.4 Å². The summed E-state index contributed by atoms with van der Waals surface area (Å²) in [5.74, 6) is 1.41. The van der Waals surface area contributed by atoms with Crippen LogP contribution in [0.5, 0.6) is 0 Å². The molecule has 0 saturated carbocycles. The quantitative estimate of drug-likeness (QED) is 0.524. The van der Waals surface area contributed by atoms with E-state index in [1.807, 2.05) is 31.3 Å². The fraction of sp³-hybridized carbons (Fsp3) is 0.560. The van der Waals surface area contributed by atoms with Gasteiger partial charge in [0.1, 0.15) is 5.82 Å². The Morgan fingerprint density at radius 1 is 0.964 bits per heavy atom. The number of nitrogens with zero attached hydrogens (tertiary/aromatic N) is 1. The smallest absolute Gasteiger partial charge is 0.123 e. The molecule has 3 heteroatoms. The van der Waals surface area contributed by atoms with Crippen LogP contribution >= 0.6 is 0 Å². The SMILES string of the molecule is CC(C)CCC(c1ccc(F)cc1)C(C(C)O)C(Cc1cccnc1)C(C)C. The van der Waals surface area contributed by atoms with E-state index in [-0.39, 0.29) is 17.7 Å². The molecule has 2 nitrogen and oxygen atoms in total. The van der Waals surface area contributed by atoms with Crippen LogP contribution in [0.4, 0.5) is 4.39 Å². The first kappa shape index (κ1) is 22.5. The Hall–Kier alpha value is -1.74. The van der Waals surface area contributed by atoms with Crippen molar-refractivity contribution in [3.05, 3.63) is 65.7 Å². The summed E-state index contributed by atoms with van der Waals surface area (Å²) in [4.78, 5) is 4.27. The molecule has 0 fully saturated rings. The lowest BCUT2D eigenvalue weighted by molar-refractivity contribution is 0.0475. The second kappa shape index (κ2) is 10.7. The summed E-state index contributed by atoms with van der Waals surface area (Å²) < 4.78 is 13.5. The van der Waals surface area contributed by atoms with Gasteiger partial charge in [0.15, 0.2) is 0 Å². The van der Waals surface area contributed by atoms with Crippen LogP contribution in [0.3, 0.4) is 0 Å². The zero-order valence-corrected chi connectivity index (χ0v) is 18.0. The number of halogens is 1. The zero-order chi connectivity index (χ0) is 20.7. The van der Waals surface area contributed by atoms with Crippen molar-refractivity contribution in [3.63, 3.8) is 0 Å². The number of benzene rings is 1. The van der Waals surface area contributed by atoms with E-state index in [1.165, 1.54) is 5.56 Å². The highest BCUT2D eigenvalue weighted by Crippen LogP contribution is 2.41. The van der Waals surface area contributed by atoms with Crippen molar-refractivity contribution in [2.75, 3.05) is 0 Å². The van der Waals surface area contributed by atoms with Crippen LogP contribution in [0.15, 0.2) is 48.8 Å². The highest BCUT2D eigenvalue weighted by atomic mass is 19.1. The fourth-order valence-corrected chi connectivity index (χ4v) is 4.40. The molecule has 0 radical (unpaired) electrons. The second-order valence-electron chi connectivity index (χ2n) is 8.92. The molecule has 1 aromatic heterocycles. The number of aliphatic hydroxyl groups is 1. The summed E-state index contributed by atoms with van der Waals surface area (Å²) in [6.45, 7) is 10.8. The predicted octanol–water partition coefficient (Wildman–Crippen LogP) is 6.25. The van der Waals surface area contributed by atoms with Crippen LogP contribution < -0.4 is 0 Å². The van der Waals surface area contributed by atoms with Gasteiger partial charge >= 0.3 is 0 Å². The third-order valence-corrected chi connectivity index (χ3v) is 5.92. The van der Waals surface area contributed by atoms with Gasteiger partial charge in [-0.3, -0.25) is 4.98 Å². The lowest BCUT2D eigenvalue weighted by Gasteiger charge is -2.39. The van der Waals surface area contributed by atoms with Gasteiger partial charge < -0.3 is 5.11 Å². The molecular weight excluding hydrogens is 349 g/mol. The van der Waals surface area contributed by atoms with Crippen LogP contribution in [-0.4, -0.2) is 16.2 Å². The number of rotatable bonds is 10. The van der Waals surface area contributed by atoms with Crippen LogP contribution in [-0.2, 0) is 6.42 Å². The highest BCUT2D eigenvalue weighted by Gasteiger charge is 2.35. The van der Waals surface area contributed by atoms with E-state index in [0.29, 0.717) is 17.8 Å². The van der Waals surface area contributed by atoms with Gasteiger partial charge in [0.25, 0.3) is 0 Å². The molecule has 154 valence electrons. The first-order chi connectivity index (χ1) is 13.3. The van der Waals surface area contributed by atoms with Gasteiger partial charge in [-0.25, -0.2) is 4.39 Å². The number of aromatic nitrogens is 1. The number of hydrogen-bond acceptors (Lipinski definition) is 2. The molecule has 4 atom stereocenters. The predicted molar refractivity (Wildman–Crippen MR) is 115 cm³/mol. The zero-order valence-electron chi connectivity index (χ0n) is 18.0. The lowest BCUT2D eigenvalue weighted by atomic mass is 9.67. The Morgan fingerprint density at radius 2 is 1.64 bits per heavy atom. The molecule has 1 aromatic carbocycles. The maximum atomic E-state index is 13.5. The molecule has 2 rings (SSSR count). The van der Waals surface area contributed by atoms with E-state index in [1.54, 1.807) is 18.3 Å². The van der Waals surface area contributed by atoms with Gasteiger partial charge in [-0.1, -0.05) is 52.3 Å². The summed E-state index contributed by atoms with van der Waals surface area (Å²) in [7, 11) is 0. The summed E-state index contributed by atoms with van der Waals surface area (Å²) in [5.41, 5.74) is 2.33. The van der Waals surface area contributed by atoms with Crippen LogP contribution in [0.25, 0.3) is 0 Å². The minimum atomic E-state index is -0.439. The molecule has 1 N–H and O–H groups in total. The molecular formula is C25H36FNO. The number of aliphatic hydroxyl groups excluding tert-OH is 1. The Balaban J connectivity index is 2.40. The molecule has 0 saturated heterocycles. The Morgan fingerprint density at radius 3 is 2.14 bits per heavy atom. The van der Waals surface area contributed by atoms with E-state index in [2.05, 4.69) is 38.7 Å². The summed E-state index contributed by atoms with van der Waals surface area (Å²) in [6.07, 6.45) is 6.25. The largest absolute Gasteiger partial charge is 0.393 e. The van der Waals surface area contributed by atoms with E-state index < -0.39 is 6.10 Å². The van der Waals surface area contributed by atoms with Crippen LogP contribution in [0, 0.1) is 29.5 Å². The Labute approximate surface area is 170 Å². The Kier molecular flexibility index (Phi) is 8.62. The standard InChI is InChI=1S/C25H36FNO/c1-17(2)8-13-23(21-9-11-22(26)12-10-21)25(19(5)28)24(18(3)4)15-20-7-6-14-27-16-20/h6-7,9-12,14,16-19,23-25,28H,8,13,15H2,1-5H3. The van der Waals surface area contributed by atoms with E-state index in [4.69, 9.17) is 0 Å². The highest BCUT2D eigenvalue weighted by molar-refractivity contribution is 5.22. The van der Waals surface area contributed by atoms with Gasteiger partial charge in [0.05, 0.1) is 6.10 Å². The van der Waals surface area contributed by atoms with Crippen molar-refractivity contribution in [2.45, 2.75) is 65.9 Å². The first-order valence-electron chi connectivity index (χ1n) is 10.6. The van der Waals surface area contributed by atoms with Crippen molar-refractivity contribution in [1.82, 2.24) is 4.98 Å². The summed E-state index contributed by atoms with van der Waals surface area (Å²) >= 11 is 0. The van der Waals surface area contributed by atoms with Crippen molar-refractivity contribution in [1.29, 1.82) is 0 Å². The van der Waals surface area contributed by atoms with Crippen molar-refractivity contribution < 1.29 is 9.50 Å². The lowest BCUT2D eigenvalue weighted by Crippen LogP contribution is -2.36. The average molecular weight is 386 g/mol. The van der Waals surface area contributed by atoms with Gasteiger partial charge in [-0.2, -0.15) is 0 Å². The molecule has 1 heterocycles. The van der Waals surface area contributed by atoms with Crippen molar-refractivity contribution >= 4 is 0 Å². The maximum absolute atomic E-state index is 13.5. The van der Waals surface area contributed by atoms with Crippen LogP contribution in [0.1, 0.15) is 64.5 Å². The van der Waals surface area contributed by atoms with E-state index >= 15 is 0 Å². The normalized spacial score (nSPS) is 16.2. The fourth-order valence-electron chi connectivity index (χ4n) is 4.40. The topological polar surface area (TPSA) is 33.1 Å². The van der Waals surface area contributed by atoms with E-state index in [9.17, 15) is 9.50 Å². The minimum absolute atomic E-state index is 0.101. The number of pyridine rings is 1. The molecule has 0 amide bonds. The third kappa shape index (κ3) is 6.41. The molecule has 0 aliphatic heterocycles. The molecule has 28 heavy (non-hydrogen) atoms. The molecule has 0 spiro atoms. The van der Waals surface area contributed by atoms with Gasteiger partial charge in [-0.15, -0.1) is 0 Å². The monoisotopic (exact) mass is 385 g/mol. The van der Waals surface area contributed by atoms with E-state index in [0.717, 1.165) is 24.8 Å². The van der Waals surface area contributed by atoms with Crippen molar-refractivity contribution in [3.8, 4) is 0 Å². The van der Waals surface area contributed by atoms with Crippen LogP contribution in [0.2, 0.25) is 0 Å². The van der Waals surface area contributed by atoms with Crippen molar-refractivity contribution in [2.24, 2.45) is 23.7 Å². The Bertz CT molecular complexity index is 681. The first-order valence-corrected chi connectivity index (χ1v) is 10.6. The third-order valence-electron chi connectivity index (χ3n) is 5.92. The van der Waals surface area contributed by atoms with Gasteiger partial charge in [-0.05, 0) is 78.7 Å². The molecule has 0 aliphatic rings. The second-order valence-corrected chi connectivity index (χ2v) is 8.92. The van der Waals surface area contributed by atoms with Gasteiger partial charge in [0.2, 0.25) is 0 Å². The summed E-state index contributed by atoms with van der Waals surface area (Å²) in [6, 6.07) is 11.0. The molecule has 2 aromatic rings. The molecule has 0 bridgehead atoms. The minimum Gasteiger partial charge on any atom is -0.393 e. The maximum Gasteiger partial charge on any atom is 0.123 e.